The normalized spacial score (nSPS) is 21.6. The summed E-state index contributed by atoms with van der Waals surface area (Å²) in [6, 6.07) is 9.79. The van der Waals surface area contributed by atoms with E-state index in [1.54, 1.807) is 0 Å². The molecule has 1 heterocycles. The van der Waals surface area contributed by atoms with Gasteiger partial charge in [0.25, 0.3) is 0 Å². The van der Waals surface area contributed by atoms with Crippen LogP contribution >= 0.6 is 0 Å². The first-order valence-electron chi connectivity index (χ1n) is 6.87. The summed E-state index contributed by atoms with van der Waals surface area (Å²) in [5, 5.41) is 0. The molecule has 0 atom stereocenters. The number of aliphatic imine (C=N–C) groups is 1. The second-order valence-electron chi connectivity index (χ2n) is 6.39. The molecule has 0 saturated carbocycles. The van der Waals surface area contributed by atoms with E-state index in [0.717, 1.165) is 18.8 Å². The molecule has 0 aromatic heterocycles. The quantitative estimate of drug-likeness (QED) is 0.356. The first kappa shape index (κ1) is 14.8. The maximum absolute atomic E-state index is 6.07. The molecule has 1 aromatic carbocycles. The van der Waals surface area contributed by atoms with Crippen LogP contribution in [0.3, 0.4) is 0 Å². The van der Waals surface area contributed by atoms with E-state index in [2.05, 4.69) is 43.0 Å². The van der Waals surface area contributed by atoms with Crippen LogP contribution in [0.25, 0.3) is 0 Å². The average molecular weight is 276 g/mol. The zero-order chi connectivity index (χ0) is 14.8. The molecule has 1 aliphatic rings. The molecule has 0 unspecified atom stereocenters. The Kier molecular flexibility index (Phi) is 4.01. The third-order valence-corrected chi connectivity index (χ3v) is 3.12. The molecule has 5 nitrogen and oxygen atoms in total. The fraction of sp³-hybridized carbons (Fsp3) is 0.533. The number of nitrogens with one attached hydrogen (secondary N) is 1. The number of para-hydroxylation sites is 1. The predicted octanol–water partition coefficient (Wildman–Crippen LogP) is 2.03. The minimum Gasteiger partial charge on any atom is -0.366 e. The van der Waals surface area contributed by atoms with E-state index in [4.69, 9.17) is 10.6 Å². The van der Waals surface area contributed by atoms with Gasteiger partial charge in [-0.1, -0.05) is 18.2 Å². The number of nitrogens with zero attached hydrogens (tertiary/aromatic N) is 2. The van der Waals surface area contributed by atoms with Gasteiger partial charge >= 0.3 is 0 Å². The highest BCUT2D eigenvalue weighted by Crippen LogP contribution is 2.28. The zero-order valence-electron chi connectivity index (χ0n) is 12.7. The third kappa shape index (κ3) is 3.71. The van der Waals surface area contributed by atoms with Gasteiger partial charge in [-0.05, 0) is 39.8 Å². The number of hydrogen-bond donors (Lipinski definition) is 2. The van der Waals surface area contributed by atoms with Gasteiger partial charge in [0.05, 0.1) is 16.9 Å². The number of nitrogens with two attached hydrogens (primary N) is 1. The van der Waals surface area contributed by atoms with E-state index in [9.17, 15) is 0 Å². The van der Waals surface area contributed by atoms with Crippen molar-refractivity contribution in [2.24, 2.45) is 10.8 Å². The number of hydrazine groups is 1. The van der Waals surface area contributed by atoms with Crippen molar-refractivity contribution in [2.45, 2.75) is 38.9 Å². The van der Waals surface area contributed by atoms with Crippen molar-refractivity contribution in [3.63, 3.8) is 0 Å². The second kappa shape index (κ2) is 5.42. The van der Waals surface area contributed by atoms with Crippen molar-refractivity contribution in [2.75, 3.05) is 13.1 Å². The fourth-order valence-electron chi connectivity index (χ4n) is 2.76. The van der Waals surface area contributed by atoms with Gasteiger partial charge in [-0.15, -0.1) is 0 Å². The van der Waals surface area contributed by atoms with Crippen LogP contribution in [0.1, 0.15) is 27.7 Å². The Labute approximate surface area is 120 Å². The van der Waals surface area contributed by atoms with Crippen molar-refractivity contribution in [1.82, 2.24) is 10.3 Å². The largest absolute Gasteiger partial charge is 0.366 e. The van der Waals surface area contributed by atoms with Crippen molar-refractivity contribution < 1.29 is 4.74 Å². The molecule has 3 N–H and O–H groups in total. The Morgan fingerprint density at radius 2 is 1.70 bits per heavy atom. The summed E-state index contributed by atoms with van der Waals surface area (Å²) in [6.07, 6.45) is 0. The SMILES string of the molecule is CC1(C)CN(C(=Nc2ccccc2)NN)CC(C)(C)O1. The summed E-state index contributed by atoms with van der Waals surface area (Å²) in [6.45, 7) is 9.81. The average Bonchev–Trinajstić information content (AvgIpc) is 2.33. The van der Waals surface area contributed by atoms with E-state index in [1.165, 1.54) is 0 Å². The topological polar surface area (TPSA) is 62.9 Å². The third-order valence-electron chi connectivity index (χ3n) is 3.12. The Morgan fingerprint density at radius 1 is 1.15 bits per heavy atom. The zero-order valence-corrected chi connectivity index (χ0v) is 12.7. The van der Waals surface area contributed by atoms with E-state index in [1.807, 2.05) is 30.3 Å². The monoisotopic (exact) mass is 276 g/mol. The van der Waals surface area contributed by atoms with Gasteiger partial charge in [0.2, 0.25) is 5.96 Å². The molecular formula is C15H24N4O. The summed E-state index contributed by atoms with van der Waals surface area (Å²) in [5.41, 5.74) is 3.11. The van der Waals surface area contributed by atoms with E-state index in [-0.39, 0.29) is 11.2 Å². The van der Waals surface area contributed by atoms with Gasteiger partial charge in [0.15, 0.2) is 0 Å². The Morgan fingerprint density at radius 3 is 2.20 bits per heavy atom. The highest BCUT2D eigenvalue weighted by atomic mass is 16.5. The van der Waals surface area contributed by atoms with Gasteiger partial charge in [-0.3, -0.25) is 5.43 Å². The van der Waals surface area contributed by atoms with Crippen LogP contribution in [0.2, 0.25) is 0 Å². The lowest BCUT2D eigenvalue weighted by Gasteiger charge is -2.47. The molecule has 0 bridgehead atoms. The Bertz CT molecular complexity index is 466. The highest BCUT2D eigenvalue weighted by Gasteiger charge is 2.39. The Balaban J connectivity index is 2.25. The molecule has 1 aromatic rings. The van der Waals surface area contributed by atoms with Crippen LogP contribution in [0, 0.1) is 0 Å². The molecule has 0 amide bonds. The lowest BCUT2D eigenvalue weighted by Crippen LogP contribution is -2.61. The van der Waals surface area contributed by atoms with Gasteiger partial charge in [0, 0.05) is 13.1 Å². The summed E-state index contributed by atoms with van der Waals surface area (Å²) < 4.78 is 6.07. The molecule has 110 valence electrons. The lowest BCUT2D eigenvalue weighted by molar-refractivity contribution is -0.167. The van der Waals surface area contributed by atoms with Crippen molar-refractivity contribution in [3.05, 3.63) is 30.3 Å². The lowest BCUT2D eigenvalue weighted by atomic mass is 9.99. The minimum atomic E-state index is -0.240. The van der Waals surface area contributed by atoms with Crippen LogP contribution in [0.15, 0.2) is 35.3 Å². The van der Waals surface area contributed by atoms with Crippen molar-refractivity contribution >= 4 is 11.6 Å². The van der Waals surface area contributed by atoms with Crippen LogP contribution in [-0.2, 0) is 4.74 Å². The molecule has 0 spiro atoms. The molecule has 5 heteroatoms. The molecule has 0 aliphatic carbocycles. The number of ether oxygens (including phenoxy) is 1. The molecular weight excluding hydrogens is 252 g/mol. The molecule has 2 rings (SSSR count). The maximum Gasteiger partial charge on any atom is 0.213 e. The van der Waals surface area contributed by atoms with Crippen molar-refractivity contribution in [1.29, 1.82) is 0 Å². The van der Waals surface area contributed by atoms with Crippen LogP contribution in [-0.4, -0.2) is 35.2 Å². The first-order chi connectivity index (χ1) is 9.31. The number of benzene rings is 1. The van der Waals surface area contributed by atoms with E-state index >= 15 is 0 Å². The Hall–Kier alpha value is -1.59. The number of rotatable bonds is 1. The van der Waals surface area contributed by atoms with Crippen molar-refractivity contribution in [3.8, 4) is 0 Å². The van der Waals surface area contributed by atoms with Crippen LogP contribution in [0.4, 0.5) is 5.69 Å². The highest BCUT2D eigenvalue weighted by molar-refractivity contribution is 5.82. The summed E-state index contributed by atoms with van der Waals surface area (Å²) in [5.74, 6) is 6.33. The van der Waals surface area contributed by atoms with Gasteiger partial charge < -0.3 is 9.64 Å². The smallest absolute Gasteiger partial charge is 0.213 e. The number of hydrogen-bond acceptors (Lipinski definition) is 3. The van der Waals surface area contributed by atoms with Gasteiger partial charge in [0.1, 0.15) is 0 Å². The second-order valence-corrected chi connectivity index (χ2v) is 6.39. The van der Waals surface area contributed by atoms with Crippen LogP contribution in [0.5, 0.6) is 0 Å². The fourth-order valence-corrected chi connectivity index (χ4v) is 2.76. The molecule has 1 fully saturated rings. The summed E-state index contributed by atoms with van der Waals surface area (Å²) >= 11 is 0. The summed E-state index contributed by atoms with van der Waals surface area (Å²) in [4.78, 5) is 6.72. The van der Waals surface area contributed by atoms with E-state index in [0.29, 0.717) is 5.96 Å². The molecule has 20 heavy (non-hydrogen) atoms. The van der Waals surface area contributed by atoms with Gasteiger partial charge in [-0.25, -0.2) is 10.8 Å². The molecule has 1 aliphatic heterocycles. The maximum atomic E-state index is 6.07. The standard InChI is InChI=1S/C15H24N4O/c1-14(2)10-19(11-15(3,4)20-14)13(18-16)17-12-8-6-5-7-9-12/h5-9H,10-11,16H2,1-4H3,(H,17,18). The van der Waals surface area contributed by atoms with Gasteiger partial charge in [-0.2, -0.15) is 0 Å². The molecule has 1 saturated heterocycles. The van der Waals surface area contributed by atoms with E-state index < -0.39 is 0 Å². The number of morpholine rings is 1. The first-order valence-corrected chi connectivity index (χ1v) is 6.87. The summed E-state index contributed by atoms with van der Waals surface area (Å²) in [7, 11) is 0. The molecule has 0 radical (unpaired) electrons. The minimum absolute atomic E-state index is 0.240. The number of guanidine groups is 1. The van der Waals surface area contributed by atoms with Crippen LogP contribution < -0.4 is 11.3 Å². The predicted molar refractivity (Wildman–Crippen MR) is 81.7 cm³/mol.